The van der Waals surface area contributed by atoms with E-state index in [1.54, 1.807) is 0 Å². The van der Waals surface area contributed by atoms with Crippen LogP contribution in [0.25, 0.3) is 10.4 Å². The monoisotopic (exact) mass is 233 g/mol. The van der Waals surface area contributed by atoms with Gasteiger partial charge >= 0.3 is 5.97 Å². The number of hydrogen-bond donors (Lipinski definition) is 1. The van der Waals surface area contributed by atoms with Gasteiger partial charge in [0.2, 0.25) is 0 Å². The molecule has 0 radical (unpaired) electrons. The first-order chi connectivity index (χ1) is 8.22. The van der Waals surface area contributed by atoms with E-state index in [4.69, 9.17) is 10.6 Å². The molecule has 0 aromatic heterocycles. The van der Waals surface area contributed by atoms with Gasteiger partial charge in [0.15, 0.2) is 0 Å². The zero-order valence-corrected chi connectivity index (χ0v) is 9.49. The Bertz CT molecular complexity index is 399. The first kappa shape index (κ1) is 13.1. The Kier molecular flexibility index (Phi) is 5.61. The van der Waals surface area contributed by atoms with Crippen molar-refractivity contribution in [3.05, 3.63) is 46.3 Å². The van der Waals surface area contributed by atoms with Gasteiger partial charge in [0.1, 0.15) is 0 Å². The molecule has 0 fully saturated rings. The molecule has 0 bridgehead atoms. The van der Waals surface area contributed by atoms with Crippen molar-refractivity contribution in [1.29, 1.82) is 0 Å². The second-order valence-corrected chi connectivity index (χ2v) is 3.83. The summed E-state index contributed by atoms with van der Waals surface area (Å²) in [6, 6.07) is 9.51. The summed E-state index contributed by atoms with van der Waals surface area (Å²) in [6.07, 6.45) is 2.20. The summed E-state index contributed by atoms with van der Waals surface area (Å²) >= 11 is 0. The second kappa shape index (κ2) is 7.30. The molecule has 5 heteroatoms. The summed E-state index contributed by atoms with van der Waals surface area (Å²) in [6.45, 7) is 0. The number of rotatable bonds is 7. The molecular formula is C12H15N3O2. The third kappa shape index (κ3) is 5.58. The molecule has 0 aliphatic carbocycles. The minimum absolute atomic E-state index is 0.0984. The number of aryl methyl sites for hydroxylation is 1. The average Bonchev–Trinajstić information content (AvgIpc) is 2.30. The topological polar surface area (TPSA) is 86.1 Å². The van der Waals surface area contributed by atoms with Gasteiger partial charge in [0.25, 0.3) is 0 Å². The highest BCUT2D eigenvalue weighted by Crippen LogP contribution is 2.11. The number of carbonyl (C=O) groups is 1. The third-order valence-electron chi connectivity index (χ3n) is 2.47. The maximum Gasteiger partial charge on any atom is 0.303 e. The Hall–Kier alpha value is -2.00. The second-order valence-electron chi connectivity index (χ2n) is 3.83. The molecular weight excluding hydrogens is 218 g/mol. The molecule has 90 valence electrons. The van der Waals surface area contributed by atoms with Crippen molar-refractivity contribution < 1.29 is 9.90 Å². The van der Waals surface area contributed by atoms with E-state index >= 15 is 0 Å². The van der Waals surface area contributed by atoms with Crippen LogP contribution in [0.3, 0.4) is 0 Å². The number of nitrogens with zero attached hydrogens (tertiary/aromatic N) is 3. The van der Waals surface area contributed by atoms with Gasteiger partial charge in [0.05, 0.1) is 6.42 Å². The van der Waals surface area contributed by atoms with E-state index < -0.39 is 12.0 Å². The van der Waals surface area contributed by atoms with Crippen molar-refractivity contribution in [2.24, 2.45) is 5.11 Å². The lowest BCUT2D eigenvalue weighted by atomic mass is 10.0. The fourth-order valence-corrected chi connectivity index (χ4v) is 1.66. The molecule has 1 aromatic rings. The normalized spacial score (nSPS) is 11.5. The maximum absolute atomic E-state index is 10.5. The van der Waals surface area contributed by atoms with Gasteiger partial charge in [-0.15, -0.1) is 0 Å². The Morgan fingerprint density at radius 2 is 2.12 bits per heavy atom. The Balaban J connectivity index is 2.37. The molecule has 0 amide bonds. The summed E-state index contributed by atoms with van der Waals surface area (Å²) in [4.78, 5) is 13.2. The summed E-state index contributed by atoms with van der Waals surface area (Å²) in [7, 11) is 0. The van der Waals surface area contributed by atoms with Crippen molar-refractivity contribution in [3.63, 3.8) is 0 Å². The van der Waals surface area contributed by atoms with Crippen LogP contribution in [0.5, 0.6) is 0 Å². The fraction of sp³-hybridized carbons (Fsp3) is 0.417. The summed E-state index contributed by atoms with van der Waals surface area (Å²) in [5.41, 5.74) is 9.54. The lowest BCUT2D eigenvalue weighted by Gasteiger charge is -2.07. The minimum atomic E-state index is -0.929. The van der Waals surface area contributed by atoms with Crippen LogP contribution in [0.1, 0.15) is 24.8 Å². The van der Waals surface area contributed by atoms with Crippen molar-refractivity contribution in [3.8, 4) is 0 Å². The van der Waals surface area contributed by atoms with E-state index in [9.17, 15) is 4.79 Å². The highest BCUT2D eigenvalue weighted by Gasteiger charge is 2.10. The SMILES string of the molecule is [N-]=[N+]=NC(CCCc1ccccc1)CC(=O)O. The van der Waals surface area contributed by atoms with E-state index in [-0.39, 0.29) is 6.42 Å². The van der Waals surface area contributed by atoms with Crippen LogP contribution in [0.4, 0.5) is 0 Å². The van der Waals surface area contributed by atoms with Crippen molar-refractivity contribution in [1.82, 2.24) is 0 Å². The van der Waals surface area contributed by atoms with Crippen LogP contribution in [0.15, 0.2) is 35.4 Å². The third-order valence-corrected chi connectivity index (χ3v) is 2.47. The molecule has 5 nitrogen and oxygen atoms in total. The Morgan fingerprint density at radius 1 is 1.41 bits per heavy atom. The summed E-state index contributed by atoms with van der Waals surface area (Å²) in [5.74, 6) is -0.929. The lowest BCUT2D eigenvalue weighted by Crippen LogP contribution is -2.10. The average molecular weight is 233 g/mol. The van der Waals surface area contributed by atoms with Gasteiger partial charge in [-0.05, 0) is 30.4 Å². The molecule has 1 rings (SSSR count). The highest BCUT2D eigenvalue weighted by molar-refractivity contribution is 5.67. The first-order valence-corrected chi connectivity index (χ1v) is 5.52. The van der Waals surface area contributed by atoms with E-state index in [0.717, 1.165) is 12.8 Å². The predicted octanol–water partition coefficient (Wildman–Crippen LogP) is 3.16. The predicted molar refractivity (Wildman–Crippen MR) is 64.6 cm³/mol. The number of carboxylic acid groups (broad SMARTS) is 1. The zero-order chi connectivity index (χ0) is 12.5. The Morgan fingerprint density at radius 3 is 2.71 bits per heavy atom. The smallest absolute Gasteiger partial charge is 0.303 e. The molecule has 0 aliphatic heterocycles. The van der Waals surface area contributed by atoms with Gasteiger partial charge in [-0.2, -0.15) is 0 Å². The van der Waals surface area contributed by atoms with Crippen LogP contribution < -0.4 is 0 Å². The first-order valence-electron chi connectivity index (χ1n) is 5.52. The largest absolute Gasteiger partial charge is 0.481 e. The standard InChI is InChI=1S/C12H15N3O2/c13-15-14-11(9-12(16)17)8-4-7-10-5-2-1-3-6-10/h1-3,5-6,11H,4,7-9H2,(H,16,17). The molecule has 0 heterocycles. The minimum Gasteiger partial charge on any atom is -0.481 e. The molecule has 0 saturated carbocycles. The van der Waals surface area contributed by atoms with Crippen molar-refractivity contribution in [2.75, 3.05) is 0 Å². The number of hydrogen-bond acceptors (Lipinski definition) is 2. The molecule has 0 spiro atoms. The van der Waals surface area contributed by atoms with Gasteiger partial charge in [-0.1, -0.05) is 35.4 Å². The number of azide groups is 1. The summed E-state index contributed by atoms with van der Waals surface area (Å²) < 4.78 is 0. The zero-order valence-electron chi connectivity index (χ0n) is 9.49. The number of benzene rings is 1. The molecule has 1 atom stereocenters. The number of aliphatic carboxylic acids is 1. The van der Waals surface area contributed by atoms with Gasteiger partial charge in [0, 0.05) is 11.0 Å². The van der Waals surface area contributed by atoms with Crippen LogP contribution >= 0.6 is 0 Å². The molecule has 0 aliphatic rings. The van der Waals surface area contributed by atoms with Gasteiger partial charge in [-0.25, -0.2) is 0 Å². The lowest BCUT2D eigenvalue weighted by molar-refractivity contribution is -0.137. The molecule has 17 heavy (non-hydrogen) atoms. The summed E-state index contributed by atoms with van der Waals surface area (Å²) in [5, 5.41) is 12.1. The maximum atomic E-state index is 10.5. The van der Waals surface area contributed by atoms with Crippen LogP contribution in [0, 0.1) is 0 Å². The van der Waals surface area contributed by atoms with Gasteiger partial charge in [-0.3, -0.25) is 4.79 Å². The van der Waals surface area contributed by atoms with Crippen LogP contribution in [-0.2, 0) is 11.2 Å². The van der Waals surface area contributed by atoms with E-state index in [1.807, 2.05) is 30.3 Å². The van der Waals surface area contributed by atoms with E-state index in [1.165, 1.54) is 5.56 Å². The quantitative estimate of drug-likeness (QED) is 0.445. The number of carboxylic acids is 1. The molecule has 1 aromatic carbocycles. The van der Waals surface area contributed by atoms with Crippen molar-refractivity contribution >= 4 is 5.97 Å². The molecule has 0 saturated heterocycles. The fourth-order valence-electron chi connectivity index (χ4n) is 1.66. The van der Waals surface area contributed by atoms with Crippen LogP contribution in [-0.4, -0.2) is 17.1 Å². The van der Waals surface area contributed by atoms with Gasteiger partial charge < -0.3 is 5.11 Å². The highest BCUT2D eigenvalue weighted by atomic mass is 16.4. The van der Waals surface area contributed by atoms with Crippen molar-refractivity contribution in [2.45, 2.75) is 31.7 Å². The van der Waals surface area contributed by atoms with E-state index in [0.29, 0.717) is 6.42 Å². The van der Waals surface area contributed by atoms with E-state index in [2.05, 4.69) is 10.0 Å². The Labute approximate surface area is 99.7 Å². The molecule has 1 unspecified atom stereocenters. The molecule has 1 N–H and O–H groups in total. The van der Waals surface area contributed by atoms with Crippen LogP contribution in [0.2, 0.25) is 0 Å².